The molecule has 1 aliphatic carbocycles. The van der Waals surface area contributed by atoms with Gasteiger partial charge in [0, 0.05) is 40.3 Å². The molecule has 40 heavy (non-hydrogen) atoms. The van der Waals surface area contributed by atoms with Gasteiger partial charge in [0.25, 0.3) is 0 Å². The molecule has 5 rings (SSSR count). The number of benzene rings is 2. The Hall–Kier alpha value is -4.85. The molecule has 3 aromatic rings. The van der Waals surface area contributed by atoms with Crippen molar-refractivity contribution in [2.45, 2.75) is 19.8 Å². The number of carbonyl (C=O) groups excluding carboxylic acids is 3. The molecule has 1 saturated heterocycles. The Bertz CT molecular complexity index is 1590. The first-order valence-electron chi connectivity index (χ1n) is 12.8. The second-order valence-electron chi connectivity index (χ2n) is 9.35. The minimum Gasteiger partial charge on any atom is -0.497 e. The average Bonchev–Trinajstić information content (AvgIpc) is 3.56. The smallest absolute Gasteiger partial charge is 0.334 e. The highest BCUT2D eigenvalue weighted by atomic mass is 16.5. The molecule has 2 aromatic carbocycles. The van der Waals surface area contributed by atoms with E-state index in [9.17, 15) is 14.4 Å². The Morgan fingerprint density at radius 3 is 2.58 bits per heavy atom. The normalized spacial score (nSPS) is 19.1. The van der Waals surface area contributed by atoms with Gasteiger partial charge in [-0.15, -0.1) is 0 Å². The molecule has 0 spiro atoms. The van der Waals surface area contributed by atoms with Crippen molar-refractivity contribution in [3.8, 4) is 22.8 Å². The van der Waals surface area contributed by atoms with E-state index in [0.717, 1.165) is 11.8 Å². The van der Waals surface area contributed by atoms with E-state index in [1.54, 1.807) is 75.6 Å². The van der Waals surface area contributed by atoms with Crippen LogP contribution in [0.1, 0.15) is 41.4 Å². The van der Waals surface area contributed by atoms with Gasteiger partial charge >= 0.3 is 5.97 Å². The molecule has 1 fully saturated rings. The number of hydrogen-bond donors (Lipinski definition) is 0. The third kappa shape index (κ3) is 4.84. The van der Waals surface area contributed by atoms with Crippen LogP contribution in [0.3, 0.4) is 0 Å². The third-order valence-corrected chi connectivity index (χ3v) is 6.97. The van der Waals surface area contributed by atoms with Crippen LogP contribution in [0.4, 0.5) is 0 Å². The number of rotatable bonds is 8. The van der Waals surface area contributed by atoms with Crippen molar-refractivity contribution in [2.75, 3.05) is 20.8 Å². The number of allylic oxidation sites excluding steroid dienone is 4. The standard InChI is InChI=1S/C32H28O8/c1-5-38-32(35)28-18(2)13-26-30(29(28)23-11-9-21(36-3)15-25(23)37-4)31(34)27(40-26)16-22-10-12-24(39-22)20-8-6-7-19(14-20)17-33/h6-17,29-30H,5H2,1-4H3/b27-16-. The first-order chi connectivity index (χ1) is 19.4. The van der Waals surface area contributed by atoms with Gasteiger partial charge in [0.15, 0.2) is 5.76 Å². The highest BCUT2D eigenvalue weighted by Crippen LogP contribution is 2.51. The van der Waals surface area contributed by atoms with Gasteiger partial charge in [-0.05, 0) is 49.8 Å². The third-order valence-electron chi connectivity index (χ3n) is 6.97. The molecule has 0 N–H and O–H groups in total. The summed E-state index contributed by atoms with van der Waals surface area (Å²) < 4.78 is 28.4. The predicted molar refractivity (Wildman–Crippen MR) is 147 cm³/mol. The molecule has 2 unspecified atom stereocenters. The summed E-state index contributed by atoms with van der Waals surface area (Å²) >= 11 is 0. The minimum atomic E-state index is -0.810. The van der Waals surface area contributed by atoms with E-state index >= 15 is 0 Å². The number of ether oxygens (including phenoxy) is 4. The topological polar surface area (TPSA) is 101 Å². The maximum Gasteiger partial charge on any atom is 0.334 e. The number of esters is 1. The van der Waals surface area contributed by atoms with Crippen LogP contribution in [0.15, 0.2) is 87.8 Å². The van der Waals surface area contributed by atoms with Crippen LogP contribution in [0, 0.1) is 5.92 Å². The number of carbonyl (C=O) groups is 3. The van der Waals surface area contributed by atoms with Gasteiger partial charge in [-0.25, -0.2) is 4.79 Å². The Labute approximate surface area is 231 Å². The number of furan rings is 1. The molecule has 8 heteroatoms. The monoisotopic (exact) mass is 540 g/mol. The SMILES string of the molecule is CCOC(=O)C1=C(C)C=C2O/C(=C\c3ccc(-c4cccc(C=O)c4)o3)C(=O)C2C1c1ccc(OC)cc1OC. The van der Waals surface area contributed by atoms with E-state index < -0.39 is 17.8 Å². The van der Waals surface area contributed by atoms with Crippen LogP contribution in [0.25, 0.3) is 17.4 Å². The van der Waals surface area contributed by atoms with Crippen LogP contribution in [-0.2, 0) is 19.1 Å². The summed E-state index contributed by atoms with van der Waals surface area (Å²) in [7, 11) is 3.07. The number of aldehydes is 1. The second kappa shape index (κ2) is 11.1. The maximum absolute atomic E-state index is 13.9. The molecule has 0 bridgehead atoms. The number of fused-ring (bicyclic) bond motifs is 1. The van der Waals surface area contributed by atoms with E-state index in [1.165, 1.54) is 13.2 Å². The van der Waals surface area contributed by atoms with Gasteiger partial charge in [0.2, 0.25) is 5.78 Å². The lowest BCUT2D eigenvalue weighted by Gasteiger charge is -2.30. The fourth-order valence-corrected chi connectivity index (χ4v) is 5.15. The molecule has 0 saturated carbocycles. The van der Waals surface area contributed by atoms with Crippen molar-refractivity contribution < 1.29 is 37.7 Å². The molecule has 2 heterocycles. The van der Waals surface area contributed by atoms with Crippen molar-refractivity contribution in [1.29, 1.82) is 0 Å². The van der Waals surface area contributed by atoms with Crippen molar-refractivity contribution in [2.24, 2.45) is 5.92 Å². The number of methoxy groups -OCH3 is 2. The average molecular weight is 541 g/mol. The summed E-state index contributed by atoms with van der Waals surface area (Å²) in [6.07, 6.45) is 4.02. The Balaban J connectivity index is 1.55. The Morgan fingerprint density at radius 2 is 1.85 bits per heavy atom. The van der Waals surface area contributed by atoms with E-state index in [0.29, 0.717) is 51.1 Å². The van der Waals surface area contributed by atoms with Gasteiger partial charge in [-0.3, -0.25) is 9.59 Å². The lowest BCUT2D eigenvalue weighted by molar-refractivity contribution is -0.139. The van der Waals surface area contributed by atoms with Crippen LogP contribution in [0.5, 0.6) is 11.5 Å². The summed E-state index contributed by atoms with van der Waals surface area (Å²) in [4.78, 5) is 38.2. The van der Waals surface area contributed by atoms with Crippen molar-refractivity contribution in [3.63, 3.8) is 0 Å². The van der Waals surface area contributed by atoms with Crippen molar-refractivity contribution in [3.05, 3.63) is 100 Å². The highest BCUT2D eigenvalue weighted by molar-refractivity contribution is 6.06. The van der Waals surface area contributed by atoms with Crippen molar-refractivity contribution >= 4 is 24.1 Å². The van der Waals surface area contributed by atoms with E-state index in [1.807, 2.05) is 6.07 Å². The molecule has 1 aliphatic heterocycles. The molecule has 0 radical (unpaired) electrons. The molecular formula is C32H28O8. The zero-order valence-electron chi connectivity index (χ0n) is 22.6. The number of ketones is 1. The summed E-state index contributed by atoms with van der Waals surface area (Å²) in [5.41, 5.74) is 2.90. The Morgan fingerprint density at radius 1 is 1.02 bits per heavy atom. The lowest BCUT2D eigenvalue weighted by atomic mass is 9.73. The largest absolute Gasteiger partial charge is 0.497 e. The molecule has 8 nitrogen and oxygen atoms in total. The molecule has 0 amide bonds. The quantitative estimate of drug-likeness (QED) is 0.198. The summed E-state index contributed by atoms with van der Waals surface area (Å²) in [6.45, 7) is 3.72. The first-order valence-corrected chi connectivity index (χ1v) is 12.8. The Kier molecular flexibility index (Phi) is 7.42. The van der Waals surface area contributed by atoms with Crippen LogP contribution in [-0.4, -0.2) is 38.9 Å². The van der Waals surface area contributed by atoms with Gasteiger partial charge in [0.05, 0.1) is 26.7 Å². The minimum absolute atomic E-state index is 0.0918. The van der Waals surface area contributed by atoms with Gasteiger partial charge < -0.3 is 23.4 Å². The van der Waals surface area contributed by atoms with E-state index in [-0.39, 0.29) is 18.1 Å². The van der Waals surface area contributed by atoms with Crippen LogP contribution >= 0.6 is 0 Å². The molecule has 2 aliphatic rings. The van der Waals surface area contributed by atoms with E-state index in [2.05, 4.69) is 0 Å². The van der Waals surface area contributed by atoms with Crippen LogP contribution < -0.4 is 9.47 Å². The molecule has 2 atom stereocenters. The highest BCUT2D eigenvalue weighted by Gasteiger charge is 2.49. The number of Topliss-reactive ketones (excluding diaryl/α,β-unsaturated/α-hetero) is 1. The first kappa shape index (κ1) is 26.7. The van der Waals surface area contributed by atoms with Crippen molar-refractivity contribution in [1.82, 2.24) is 0 Å². The molecular weight excluding hydrogens is 512 g/mol. The lowest BCUT2D eigenvalue weighted by Crippen LogP contribution is -2.29. The fraction of sp³-hybridized carbons (Fsp3) is 0.219. The molecule has 1 aromatic heterocycles. The maximum atomic E-state index is 13.9. The van der Waals surface area contributed by atoms with Gasteiger partial charge in [-0.1, -0.05) is 24.3 Å². The number of hydrogen-bond acceptors (Lipinski definition) is 8. The summed E-state index contributed by atoms with van der Waals surface area (Å²) in [6, 6.07) is 15.8. The van der Waals surface area contributed by atoms with Gasteiger partial charge in [-0.2, -0.15) is 0 Å². The molecule has 204 valence electrons. The second-order valence-corrected chi connectivity index (χ2v) is 9.35. The van der Waals surface area contributed by atoms with Crippen LogP contribution in [0.2, 0.25) is 0 Å². The predicted octanol–water partition coefficient (Wildman–Crippen LogP) is 5.89. The van der Waals surface area contributed by atoms with E-state index in [4.69, 9.17) is 23.4 Å². The summed E-state index contributed by atoms with van der Waals surface area (Å²) in [5, 5.41) is 0. The fourth-order valence-electron chi connectivity index (χ4n) is 5.15. The zero-order chi connectivity index (χ0) is 28.4. The summed E-state index contributed by atoms with van der Waals surface area (Å²) in [5.74, 6) is 0.187. The van der Waals surface area contributed by atoms with Gasteiger partial charge in [0.1, 0.15) is 35.1 Å². The zero-order valence-corrected chi connectivity index (χ0v) is 22.6.